The number of nitrogens with one attached hydrogen (secondary N) is 2. The van der Waals surface area contributed by atoms with Gasteiger partial charge in [-0.05, 0) is 42.8 Å². The first-order chi connectivity index (χ1) is 14.9. The second kappa shape index (κ2) is 10.2. The summed E-state index contributed by atoms with van der Waals surface area (Å²) in [6.45, 7) is 0.565. The molecule has 1 aliphatic rings. The highest BCUT2D eigenvalue weighted by Crippen LogP contribution is 2.24. The van der Waals surface area contributed by atoms with Crippen molar-refractivity contribution >= 4 is 35.0 Å². The van der Waals surface area contributed by atoms with E-state index in [2.05, 4.69) is 10.6 Å². The molecule has 0 aromatic heterocycles. The number of hydrogen-bond donors (Lipinski definition) is 3. The van der Waals surface area contributed by atoms with Gasteiger partial charge in [0.25, 0.3) is 11.8 Å². The van der Waals surface area contributed by atoms with E-state index in [9.17, 15) is 19.2 Å². The molecule has 1 aliphatic heterocycles. The number of para-hydroxylation sites is 1. The van der Waals surface area contributed by atoms with Crippen molar-refractivity contribution in [3.63, 3.8) is 0 Å². The van der Waals surface area contributed by atoms with Crippen molar-refractivity contribution in [2.75, 3.05) is 29.9 Å². The Morgan fingerprint density at radius 1 is 1.06 bits per heavy atom. The van der Waals surface area contributed by atoms with Crippen LogP contribution >= 0.6 is 0 Å². The number of ether oxygens (including phenoxy) is 1. The summed E-state index contributed by atoms with van der Waals surface area (Å²) >= 11 is 0. The van der Waals surface area contributed by atoms with Crippen LogP contribution in [0.1, 0.15) is 29.6 Å². The van der Waals surface area contributed by atoms with E-state index in [0.29, 0.717) is 24.4 Å². The van der Waals surface area contributed by atoms with E-state index >= 15 is 0 Å². The lowest BCUT2D eigenvalue weighted by molar-refractivity contribution is -0.118. The molecule has 4 amide bonds. The number of hydrogen-bond acceptors (Lipinski definition) is 5. The van der Waals surface area contributed by atoms with E-state index in [4.69, 9.17) is 10.5 Å². The van der Waals surface area contributed by atoms with Gasteiger partial charge in [-0.25, -0.2) is 0 Å². The lowest BCUT2D eigenvalue weighted by Crippen LogP contribution is -2.29. The van der Waals surface area contributed by atoms with Gasteiger partial charge in [0.1, 0.15) is 5.75 Å². The monoisotopic (exact) mass is 424 g/mol. The Morgan fingerprint density at radius 2 is 1.81 bits per heavy atom. The molecule has 0 unspecified atom stereocenters. The summed E-state index contributed by atoms with van der Waals surface area (Å²) in [5.41, 5.74) is 6.46. The summed E-state index contributed by atoms with van der Waals surface area (Å²) in [5, 5.41) is 5.24. The van der Waals surface area contributed by atoms with Crippen LogP contribution in [0.25, 0.3) is 0 Å². The van der Waals surface area contributed by atoms with Crippen LogP contribution in [0.4, 0.5) is 11.4 Å². The van der Waals surface area contributed by atoms with Crippen molar-refractivity contribution < 1.29 is 23.9 Å². The molecule has 162 valence electrons. The highest BCUT2D eigenvalue weighted by molar-refractivity contribution is 6.04. The highest BCUT2D eigenvalue weighted by Gasteiger charge is 2.21. The fourth-order valence-electron chi connectivity index (χ4n) is 3.16. The van der Waals surface area contributed by atoms with Crippen molar-refractivity contribution in [2.45, 2.75) is 19.3 Å². The number of carbonyl (C=O) groups excluding carboxylic acids is 4. The molecule has 31 heavy (non-hydrogen) atoms. The standard InChI is InChI=1S/C22H24N4O5/c23-19(27)11-12-24-22(30)17-4-1-2-5-18(17)25-20(28)14-31-16-9-7-15(8-10-16)26-13-3-6-21(26)29/h1-2,4-5,7-10H,3,6,11-14H2,(H2,23,27)(H,24,30)(H,25,28). The molecule has 3 rings (SSSR count). The van der Waals surface area contributed by atoms with Crippen LogP contribution in [0.2, 0.25) is 0 Å². The molecule has 0 spiro atoms. The maximum Gasteiger partial charge on any atom is 0.262 e. The predicted octanol–water partition coefficient (Wildman–Crippen LogP) is 1.44. The average molecular weight is 424 g/mol. The Morgan fingerprint density at radius 3 is 2.48 bits per heavy atom. The SMILES string of the molecule is NC(=O)CCNC(=O)c1ccccc1NC(=O)COc1ccc(N2CCCC2=O)cc1. The maximum absolute atomic E-state index is 12.3. The molecule has 4 N–H and O–H groups in total. The number of carbonyl (C=O) groups is 4. The molecule has 0 atom stereocenters. The van der Waals surface area contributed by atoms with E-state index in [1.807, 2.05) is 0 Å². The van der Waals surface area contributed by atoms with E-state index in [-0.39, 0.29) is 31.0 Å². The minimum atomic E-state index is -0.515. The second-order valence-electron chi connectivity index (χ2n) is 7.00. The molecule has 1 fully saturated rings. The minimum Gasteiger partial charge on any atom is -0.484 e. The number of amides is 4. The summed E-state index contributed by atoms with van der Waals surface area (Å²) < 4.78 is 5.51. The van der Waals surface area contributed by atoms with E-state index in [1.54, 1.807) is 53.4 Å². The van der Waals surface area contributed by atoms with E-state index in [1.165, 1.54) is 0 Å². The molecule has 1 heterocycles. The molecule has 9 heteroatoms. The number of nitrogens with zero attached hydrogens (tertiary/aromatic N) is 1. The van der Waals surface area contributed by atoms with Crippen LogP contribution in [0.3, 0.4) is 0 Å². The Hall–Kier alpha value is -3.88. The number of anilines is 2. The van der Waals surface area contributed by atoms with Crippen LogP contribution in [0, 0.1) is 0 Å². The summed E-state index contributed by atoms with van der Waals surface area (Å²) in [4.78, 5) is 48.9. The first kappa shape index (κ1) is 21.8. The average Bonchev–Trinajstić information content (AvgIpc) is 3.18. The fourth-order valence-corrected chi connectivity index (χ4v) is 3.16. The molecule has 1 saturated heterocycles. The van der Waals surface area contributed by atoms with Crippen molar-refractivity contribution in [1.82, 2.24) is 5.32 Å². The van der Waals surface area contributed by atoms with Gasteiger partial charge in [0.15, 0.2) is 6.61 Å². The molecule has 2 aromatic carbocycles. The topological polar surface area (TPSA) is 131 Å². The van der Waals surface area contributed by atoms with Gasteiger partial charge in [-0.3, -0.25) is 19.2 Å². The Kier molecular flexibility index (Phi) is 7.21. The second-order valence-corrected chi connectivity index (χ2v) is 7.00. The minimum absolute atomic E-state index is 0.0266. The lowest BCUT2D eigenvalue weighted by atomic mass is 10.1. The molecule has 9 nitrogen and oxygen atoms in total. The van der Waals surface area contributed by atoms with Gasteiger partial charge < -0.3 is 26.0 Å². The molecular weight excluding hydrogens is 400 g/mol. The van der Waals surface area contributed by atoms with Crippen molar-refractivity contribution in [3.05, 3.63) is 54.1 Å². The zero-order valence-electron chi connectivity index (χ0n) is 16.9. The number of nitrogens with two attached hydrogens (primary N) is 1. The summed E-state index contributed by atoms with van der Waals surface area (Å²) in [5.74, 6) is -0.784. The van der Waals surface area contributed by atoms with Gasteiger partial charge in [-0.15, -0.1) is 0 Å². The summed E-state index contributed by atoms with van der Waals surface area (Å²) in [6.07, 6.45) is 1.43. The van der Waals surface area contributed by atoms with Crippen LogP contribution in [-0.2, 0) is 14.4 Å². The van der Waals surface area contributed by atoms with E-state index < -0.39 is 17.7 Å². The van der Waals surface area contributed by atoms with Gasteiger partial charge >= 0.3 is 0 Å². The molecular formula is C22H24N4O5. The molecule has 0 saturated carbocycles. The largest absolute Gasteiger partial charge is 0.484 e. The molecule has 0 aliphatic carbocycles. The molecule has 2 aromatic rings. The van der Waals surface area contributed by atoms with Crippen molar-refractivity contribution in [1.29, 1.82) is 0 Å². The lowest BCUT2D eigenvalue weighted by Gasteiger charge is -2.16. The van der Waals surface area contributed by atoms with E-state index in [0.717, 1.165) is 12.1 Å². The Bertz CT molecular complexity index is 974. The quantitative estimate of drug-likeness (QED) is 0.561. The normalized spacial score (nSPS) is 13.0. The highest BCUT2D eigenvalue weighted by atomic mass is 16.5. The summed E-state index contributed by atoms with van der Waals surface area (Å²) in [6, 6.07) is 13.5. The maximum atomic E-state index is 12.3. The number of benzene rings is 2. The number of rotatable bonds is 9. The third-order valence-electron chi connectivity index (χ3n) is 4.69. The number of primary amides is 1. The van der Waals surface area contributed by atoms with Crippen LogP contribution in [0.5, 0.6) is 5.75 Å². The van der Waals surface area contributed by atoms with Crippen molar-refractivity contribution in [3.8, 4) is 5.75 Å². The van der Waals surface area contributed by atoms with Crippen LogP contribution < -0.4 is 26.0 Å². The van der Waals surface area contributed by atoms with Crippen molar-refractivity contribution in [2.24, 2.45) is 5.73 Å². The van der Waals surface area contributed by atoms with Gasteiger partial charge in [-0.2, -0.15) is 0 Å². The zero-order chi connectivity index (χ0) is 22.2. The van der Waals surface area contributed by atoms with Crippen LogP contribution in [-0.4, -0.2) is 43.3 Å². The summed E-state index contributed by atoms with van der Waals surface area (Å²) in [7, 11) is 0. The molecule has 0 radical (unpaired) electrons. The smallest absolute Gasteiger partial charge is 0.262 e. The predicted molar refractivity (Wildman–Crippen MR) is 115 cm³/mol. The van der Waals surface area contributed by atoms with Gasteiger partial charge in [0.2, 0.25) is 11.8 Å². The first-order valence-electron chi connectivity index (χ1n) is 9.92. The Balaban J connectivity index is 1.53. The Labute approximate surface area is 179 Å². The fraction of sp³-hybridized carbons (Fsp3) is 0.273. The van der Waals surface area contributed by atoms with Gasteiger partial charge in [0, 0.05) is 31.6 Å². The first-order valence-corrected chi connectivity index (χ1v) is 9.92. The van der Waals surface area contributed by atoms with Gasteiger partial charge in [-0.1, -0.05) is 12.1 Å². The van der Waals surface area contributed by atoms with Gasteiger partial charge in [0.05, 0.1) is 11.3 Å². The van der Waals surface area contributed by atoms with Crippen LogP contribution in [0.15, 0.2) is 48.5 Å². The third kappa shape index (κ3) is 6.05. The third-order valence-corrected chi connectivity index (χ3v) is 4.69. The zero-order valence-corrected chi connectivity index (χ0v) is 16.9. The molecule has 0 bridgehead atoms.